The van der Waals surface area contributed by atoms with Gasteiger partial charge in [0.1, 0.15) is 0 Å². The summed E-state index contributed by atoms with van der Waals surface area (Å²) in [5.74, 6) is 0.755. The number of rotatable bonds is 5. The molecule has 1 heterocycles. The van der Waals surface area contributed by atoms with E-state index >= 15 is 0 Å². The number of nitrogens with zero attached hydrogens (tertiary/aromatic N) is 3. The molecule has 0 saturated heterocycles. The standard InChI is InChI=1S/C11H15N3O/c1-2-5-14(10-3-4-10)11-12-6-9(8-15)7-13-11/h6-8,10H,2-5H2,1H3. The third kappa shape index (κ3) is 2.32. The van der Waals surface area contributed by atoms with Crippen LogP contribution in [-0.4, -0.2) is 28.8 Å². The van der Waals surface area contributed by atoms with E-state index in [2.05, 4.69) is 21.8 Å². The summed E-state index contributed by atoms with van der Waals surface area (Å²) in [6.07, 6.45) is 7.50. The number of anilines is 1. The van der Waals surface area contributed by atoms with Crippen LogP contribution in [0.3, 0.4) is 0 Å². The smallest absolute Gasteiger partial charge is 0.225 e. The molecule has 0 bridgehead atoms. The normalized spacial score (nSPS) is 15.0. The van der Waals surface area contributed by atoms with Crippen LogP contribution in [0.2, 0.25) is 0 Å². The molecule has 0 atom stereocenters. The van der Waals surface area contributed by atoms with Crippen LogP contribution in [-0.2, 0) is 0 Å². The molecule has 1 fully saturated rings. The predicted molar refractivity (Wildman–Crippen MR) is 58.1 cm³/mol. The molecule has 4 heteroatoms. The lowest BCUT2D eigenvalue weighted by Gasteiger charge is -2.21. The first-order chi connectivity index (χ1) is 7.35. The van der Waals surface area contributed by atoms with E-state index in [9.17, 15) is 4.79 Å². The molecule has 0 aromatic carbocycles. The fourth-order valence-electron chi connectivity index (χ4n) is 1.61. The zero-order chi connectivity index (χ0) is 10.7. The second-order valence-corrected chi connectivity index (χ2v) is 3.86. The summed E-state index contributed by atoms with van der Waals surface area (Å²) in [5, 5.41) is 0. The Morgan fingerprint density at radius 1 is 1.47 bits per heavy atom. The van der Waals surface area contributed by atoms with Gasteiger partial charge in [-0.05, 0) is 19.3 Å². The van der Waals surface area contributed by atoms with Crippen LogP contribution in [0.25, 0.3) is 0 Å². The molecule has 0 amide bonds. The van der Waals surface area contributed by atoms with E-state index in [1.807, 2.05) is 0 Å². The van der Waals surface area contributed by atoms with Crippen molar-refractivity contribution >= 4 is 12.2 Å². The van der Waals surface area contributed by atoms with Gasteiger partial charge in [0.15, 0.2) is 6.29 Å². The monoisotopic (exact) mass is 205 g/mol. The van der Waals surface area contributed by atoms with Crippen molar-refractivity contribution < 1.29 is 4.79 Å². The second kappa shape index (κ2) is 4.38. The first-order valence-corrected chi connectivity index (χ1v) is 5.39. The number of hydrogen-bond acceptors (Lipinski definition) is 4. The zero-order valence-electron chi connectivity index (χ0n) is 8.89. The fraction of sp³-hybridized carbons (Fsp3) is 0.545. The molecule has 1 aromatic heterocycles. The molecule has 0 N–H and O–H groups in total. The summed E-state index contributed by atoms with van der Waals surface area (Å²) >= 11 is 0. The average Bonchev–Trinajstić information content (AvgIpc) is 3.10. The molecule has 0 aliphatic heterocycles. The van der Waals surface area contributed by atoms with Crippen molar-refractivity contribution in [1.29, 1.82) is 0 Å². The molecule has 1 aliphatic rings. The van der Waals surface area contributed by atoms with Crippen LogP contribution in [0, 0.1) is 0 Å². The Hall–Kier alpha value is -1.45. The summed E-state index contributed by atoms with van der Waals surface area (Å²) < 4.78 is 0. The van der Waals surface area contributed by atoms with Crippen LogP contribution in [0.5, 0.6) is 0 Å². The Labute approximate surface area is 89.3 Å². The molecule has 2 rings (SSSR count). The summed E-state index contributed by atoms with van der Waals surface area (Å²) in [4.78, 5) is 21.1. The largest absolute Gasteiger partial charge is 0.338 e. The molecular formula is C11H15N3O. The van der Waals surface area contributed by atoms with Gasteiger partial charge in [-0.2, -0.15) is 0 Å². The average molecular weight is 205 g/mol. The number of carbonyl (C=O) groups excluding carboxylic acids is 1. The van der Waals surface area contributed by atoms with E-state index in [1.165, 1.54) is 12.8 Å². The van der Waals surface area contributed by atoms with Gasteiger partial charge in [-0.15, -0.1) is 0 Å². The SMILES string of the molecule is CCCN(c1ncc(C=O)cn1)C1CC1. The van der Waals surface area contributed by atoms with Crippen molar-refractivity contribution in [2.45, 2.75) is 32.2 Å². The third-order valence-electron chi connectivity index (χ3n) is 2.50. The predicted octanol–water partition coefficient (Wildman–Crippen LogP) is 1.67. The van der Waals surface area contributed by atoms with Gasteiger partial charge in [0, 0.05) is 25.0 Å². The summed E-state index contributed by atoms with van der Waals surface area (Å²) in [6, 6.07) is 0.618. The van der Waals surface area contributed by atoms with Gasteiger partial charge in [0.25, 0.3) is 0 Å². The highest BCUT2D eigenvalue weighted by molar-refractivity contribution is 5.73. The lowest BCUT2D eigenvalue weighted by atomic mass is 10.4. The maximum Gasteiger partial charge on any atom is 0.225 e. The van der Waals surface area contributed by atoms with Crippen molar-refractivity contribution in [2.24, 2.45) is 0 Å². The van der Waals surface area contributed by atoms with Gasteiger partial charge in [0.2, 0.25) is 5.95 Å². The molecule has 80 valence electrons. The molecule has 4 nitrogen and oxygen atoms in total. The number of aldehydes is 1. The van der Waals surface area contributed by atoms with Crippen molar-refractivity contribution in [3.63, 3.8) is 0 Å². The molecule has 0 unspecified atom stereocenters. The van der Waals surface area contributed by atoms with Crippen molar-refractivity contribution in [3.8, 4) is 0 Å². The topological polar surface area (TPSA) is 46.1 Å². The van der Waals surface area contributed by atoms with Crippen molar-refractivity contribution in [1.82, 2.24) is 9.97 Å². The minimum Gasteiger partial charge on any atom is -0.338 e. The Kier molecular flexibility index (Phi) is 2.94. The fourth-order valence-corrected chi connectivity index (χ4v) is 1.61. The number of carbonyl (C=O) groups is 1. The van der Waals surface area contributed by atoms with Gasteiger partial charge >= 0.3 is 0 Å². The van der Waals surface area contributed by atoms with Crippen molar-refractivity contribution in [3.05, 3.63) is 18.0 Å². The molecule has 1 aromatic rings. The Bertz CT molecular complexity index is 332. The maximum absolute atomic E-state index is 10.5. The maximum atomic E-state index is 10.5. The van der Waals surface area contributed by atoms with Gasteiger partial charge in [-0.25, -0.2) is 9.97 Å². The second-order valence-electron chi connectivity index (χ2n) is 3.86. The van der Waals surface area contributed by atoms with E-state index in [-0.39, 0.29) is 0 Å². The minimum absolute atomic E-state index is 0.533. The first-order valence-electron chi connectivity index (χ1n) is 5.39. The van der Waals surface area contributed by atoms with E-state index in [1.54, 1.807) is 12.4 Å². The van der Waals surface area contributed by atoms with Gasteiger partial charge in [-0.3, -0.25) is 4.79 Å². The van der Waals surface area contributed by atoms with E-state index in [4.69, 9.17) is 0 Å². The summed E-state index contributed by atoms with van der Waals surface area (Å²) in [7, 11) is 0. The highest BCUT2D eigenvalue weighted by atomic mass is 16.1. The first kappa shape index (κ1) is 10.1. The van der Waals surface area contributed by atoms with E-state index < -0.39 is 0 Å². The van der Waals surface area contributed by atoms with E-state index in [0.717, 1.165) is 25.2 Å². The van der Waals surface area contributed by atoms with Crippen LogP contribution in [0.4, 0.5) is 5.95 Å². The van der Waals surface area contributed by atoms with Crippen LogP contribution in [0.1, 0.15) is 36.5 Å². The summed E-state index contributed by atoms with van der Waals surface area (Å²) in [6.45, 7) is 3.14. The quantitative estimate of drug-likeness (QED) is 0.686. The van der Waals surface area contributed by atoms with Gasteiger partial charge in [-0.1, -0.05) is 6.92 Å². The number of hydrogen-bond donors (Lipinski definition) is 0. The molecule has 1 saturated carbocycles. The van der Waals surface area contributed by atoms with E-state index in [0.29, 0.717) is 11.6 Å². The molecular weight excluding hydrogens is 190 g/mol. The Morgan fingerprint density at radius 3 is 2.60 bits per heavy atom. The van der Waals surface area contributed by atoms with Crippen LogP contribution in [0.15, 0.2) is 12.4 Å². The third-order valence-corrected chi connectivity index (χ3v) is 2.50. The molecule has 15 heavy (non-hydrogen) atoms. The highest BCUT2D eigenvalue weighted by Gasteiger charge is 2.29. The van der Waals surface area contributed by atoms with Crippen molar-refractivity contribution in [2.75, 3.05) is 11.4 Å². The Morgan fingerprint density at radius 2 is 2.13 bits per heavy atom. The van der Waals surface area contributed by atoms with Gasteiger partial charge in [0.05, 0.1) is 5.56 Å². The Balaban J connectivity index is 2.14. The summed E-state index contributed by atoms with van der Waals surface area (Å²) in [5.41, 5.74) is 0.533. The van der Waals surface area contributed by atoms with Crippen LogP contribution >= 0.6 is 0 Å². The van der Waals surface area contributed by atoms with Gasteiger partial charge < -0.3 is 4.90 Å². The number of aromatic nitrogens is 2. The minimum atomic E-state index is 0.533. The lowest BCUT2D eigenvalue weighted by Crippen LogP contribution is -2.28. The van der Waals surface area contributed by atoms with Crippen LogP contribution < -0.4 is 4.90 Å². The molecule has 1 aliphatic carbocycles. The zero-order valence-corrected chi connectivity index (χ0v) is 8.89. The molecule has 0 spiro atoms. The molecule has 0 radical (unpaired) electrons. The lowest BCUT2D eigenvalue weighted by molar-refractivity contribution is 0.112. The highest BCUT2D eigenvalue weighted by Crippen LogP contribution is 2.29.